The molecule has 1 aromatic carbocycles. The summed E-state index contributed by atoms with van der Waals surface area (Å²) in [5, 5.41) is 5.81. The van der Waals surface area contributed by atoms with Crippen LogP contribution < -0.4 is 20.1 Å². The van der Waals surface area contributed by atoms with E-state index >= 15 is 0 Å². The third-order valence-corrected chi connectivity index (χ3v) is 7.83. The van der Waals surface area contributed by atoms with Crippen molar-refractivity contribution in [1.29, 1.82) is 0 Å². The maximum Gasteiger partial charge on any atom is 0.325 e. The zero-order valence-electron chi connectivity index (χ0n) is 22.2. The van der Waals surface area contributed by atoms with Crippen molar-refractivity contribution < 1.29 is 23.9 Å². The second-order valence-electron chi connectivity index (χ2n) is 10.9. The molecule has 1 atom stereocenters. The Labute approximate surface area is 209 Å². The van der Waals surface area contributed by atoms with Crippen molar-refractivity contribution in [1.82, 2.24) is 15.5 Å². The van der Waals surface area contributed by atoms with Gasteiger partial charge in [-0.25, -0.2) is 4.79 Å². The van der Waals surface area contributed by atoms with Crippen molar-refractivity contribution in [3.05, 3.63) is 23.8 Å². The van der Waals surface area contributed by atoms with Gasteiger partial charge in [-0.05, 0) is 75.5 Å². The number of hydrogen-bond acceptors (Lipinski definition) is 5. The fourth-order valence-corrected chi connectivity index (χ4v) is 5.16. The van der Waals surface area contributed by atoms with Crippen LogP contribution in [0.4, 0.5) is 4.79 Å². The molecule has 0 radical (unpaired) electrons. The van der Waals surface area contributed by atoms with E-state index in [2.05, 4.69) is 31.4 Å². The number of carbonyl (C=O) groups excluding carboxylic acids is 3. The van der Waals surface area contributed by atoms with Crippen molar-refractivity contribution in [3.8, 4) is 11.5 Å². The zero-order valence-corrected chi connectivity index (χ0v) is 22.2. The molecule has 1 heterocycles. The van der Waals surface area contributed by atoms with Gasteiger partial charge >= 0.3 is 6.03 Å². The molecule has 0 bridgehead atoms. The van der Waals surface area contributed by atoms with Gasteiger partial charge in [0, 0.05) is 0 Å². The summed E-state index contributed by atoms with van der Waals surface area (Å²) in [5.41, 5.74) is 0.171. The summed E-state index contributed by atoms with van der Waals surface area (Å²) in [6.07, 6.45) is 4.10. The van der Waals surface area contributed by atoms with E-state index in [4.69, 9.17) is 9.47 Å². The number of hydrogen-bond donors (Lipinski definition) is 2. The van der Waals surface area contributed by atoms with Gasteiger partial charge in [-0.2, -0.15) is 0 Å². The molecule has 1 saturated carbocycles. The molecule has 4 amide bonds. The number of rotatable bonds is 9. The van der Waals surface area contributed by atoms with Crippen LogP contribution in [-0.2, 0) is 9.59 Å². The predicted octanol–water partition coefficient (Wildman–Crippen LogP) is 4.58. The van der Waals surface area contributed by atoms with Crippen LogP contribution in [0.2, 0.25) is 0 Å². The van der Waals surface area contributed by atoms with Crippen LogP contribution >= 0.6 is 0 Å². The van der Waals surface area contributed by atoms with Gasteiger partial charge in [0.1, 0.15) is 12.1 Å². The predicted molar refractivity (Wildman–Crippen MR) is 134 cm³/mol. The number of benzene rings is 1. The third kappa shape index (κ3) is 5.73. The Morgan fingerprint density at radius 3 is 2.43 bits per heavy atom. The van der Waals surface area contributed by atoms with E-state index in [1.54, 1.807) is 7.11 Å². The first-order valence-electron chi connectivity index (χ1n) is 12.7. The fourth-order valence-electron chi connectivity index (χ4n) is 5.16. The Morgan fingerprint density at radius 1 is 1.20 bits per heavy atom. The number of nitrogens with one attached hydrogen (secondary N) is 2. The van der Waals surface area contributed by atoms with Crippen LogP contribution in [0.3, 0.4) is 0 Å². The van der Waals surface area contributed by atoms with Crippen molar-refractivity contribution in [2.75, 3.05) is 13.7 Å². The molecule has 0 aromatic heterocycles. The topological polar surface area (TPSA) is 97.0 Å². The maximum absolute atomic E-state index is 13.3. The number of ether oxygens (including phenoxy) is 2. The largest absolute Gasteiger partial charge is 0.493 e. The van der Waals surface area contributed by atoms with E-state index in [0.29, 0.717) is 30.3 Å². The number of imide groups is 1. The summed E-state index contributed by atoms with van der Waals surface area (Å²) < 4.78 is 11.2. The number of amides is 4. The van der Waals surface area contributed by atoms with Gasteiger partial charge in [0.2, 0.25) is 5.91 Å². The van der Waals surface area contributed by atoms with Crippen molar-refractivity contribution in [2.24, 2.45) is 11.3 Å². The lowest BCUT2D eigenvalue weighted by Crippen LogP contribution is -2.51. The highest BCUT2D eigenvalue weighted by Gasteiger charge is 2.53. The van der Waals surface area contributed by atoms with E-state index in [-0.39, 0.29) is 35.9 Å². The highest BCUT2D eigenvalue weighted by Crippen LogP contribution is 2.45. The molecule has 3 rings (SSSR count). The van der Waals surface area contributed by atoms with Crippen LogP contribution in [0.15, 0.2) is 18.2 Å². The van der Waals surface area contributed by atoms with Gasteiger partial charge in [0.15, 0.2) is 11.5 Å². The van der Waals surface area contributed by atoms with Gasteiger partial charge < -0.3 is 20.1 Å². The molecule has 2 fully saturated rings. The Bertz CT molecular complexity index is 950. The first-order chi connectivity index (χ1) is 16.4. The van der Waals surface area contributed by atoms with E-state index in [1.165, 1.54) is 0 Å². The smallest absolute Gasteiger partial charge is 0.325 e. The van der Waals surface area contributed by atoms with Crippen LogP contribution in [0.5, 0.6) is 11.5 Å². The average molecular weight is 488 g/mol. The van der Waals surface area contributed by atoms with Crippen molar-refractivity contribution >= 4 is 17.8 Å². The summed E-state index contributed by atoms with van der Waals surface area (Å²) >= 11 is 0. The molecule has 1 aliphatic heterocycles. The van der Waals surface area contributed by atoms with Crippen LogP contribution in [0, 0.1) is 11.3 Å². The molecule has 2 aliphatic rings. The maximum atomic E-state index is 13.3. The lowest BCUT2D eigenvalue weighted by molar-refractivity contribution is -0.136. The van der Waals surface area contributed by atoms with Crippen molar-refractivity contribution in [2.45, 2.75) is 91.3 Å². The van der Waals surface area contributed by atoms with Crippen molar-refractivity contribution in [3.63, 3.8) is 0 Å². The SMILES string of the molecule is CCC(C)(C)C1CCC2(CC1)NC(=O)N(CC(=O)NC(C)c1ccc(OC(C)C)c(OC)c1)C2=O. The highest BCUT2D eigenvalue weighted by atomic mass is 16.5. The summed E-state index contributed by atoms with van der Waals surface area (Å²) in [7, 11) is 1.57. The molecule has 194 valence electrons. The standard InChI is InChI=1S/C27H41N3O5/c1-8-26(5,6)20-11-13-27(14-12-20)24(32)30(25(33)29-27)16-23(31)28-18(4)19-9-10-21(35-17(2)3)22(15-19)34-7/h9-10,15,17-18,20H,8,11-14,16H2,1-7H3,(H,28,31)(H,29,33). The van der Waals surface area contributed by atoms with E-state index < -0.39 is 11.6 Å². The van der Waals surface area contributed by atoms with Gasteiger partial charge in [0.05, 0.1) is 19.3 Å². The highest BCUT2D eigenvalue weighted by molar-refractivity contribution is 6.09. The average Bonchev–Trinajstić information content (AvgIpc) is 3.03. The molecule has 1 spiro atoms. The molecule has 8 nitrogen and oxygen atoms in total. The molecule has 35 heavy (non-hydrogen) atoms. The summed E-state index contributed by atoms with van der Waals surface area (Å²) in [6, 6.07) is 4.67. The lowest BCUT2D eigenvalue weighted by Gasteiger charge is -2.42. The minimum absolute atomic E-state index is 0.00694. The van der Waals surface area contributed by atoms with E-state index in [9.17, 15) is 14.4 Å². The second-order valence-corrected chi connectivity index (χ2v) is 10.9. The molecule has 1 aliphatic carbocycles. The van der Waals surface area contributed by atoms with Crippen LogP contribution in [0.1, 0.15) is 85.3 Å². The number of urea groups is 1. The van der Waals surface area contributed by atoms with Crippen LogP contribution in [0.25, 0.3) is 0 Å². The minimum Gasteiger partial charge on any atom is -0.493 e. The Kier molecular flexibility index (Phi) is 8.02. The number of carbonyl (C=O) groups is 3. The summed E-state index contributed by atoms with van der Waals surface area (Å²) in [6.45, 7) is 12.2. The quantitative estimate of drug-likeness (QED) is 0.497. The van der Waals surface area contributed by atoms with E-state index in [0.717, 1.165) is 29.7 Å². The molecule has 8 heteroatoms. The van der Waals surface area contributed by atoms with Gasteiger partial charge in [-0.15, -0.1) is 0 Å². The zero-order chi connectivity index (χ0) is 26.0. The summed E-state index contributed by atoms with van der Waals surface area (Å²) in [5.74, 6) is 1.06. The van der Waals surface area contributed by atoms with Gasteiger partial charge in [-0.1, -0.05) is 33.3 Å². The molecule has 1 saturated heterocycles. The Balaban J connectivity index is 1.61. The monoisotopic (exact) mass is 487 g/mol. The molecule has 1 unspecified atom stereocenters. The normalized spacial score (nSPS) is 23.4. The Hall–Kier alpha value is -2.77. The second kappa shape index (κ2) is 10.5. The van der Waals surface area contributed by atoms with Crippen LogP contribution in [-0.4, -0.2) is 48.0 Å². The first-order valence-corrected chi connectivity index (χ1v) is 12.7. The minimum atomic E-state index is -0.872. The summed E-state index contributed by atoms with van der Waals surface area (Å²) in [4.78, 5) is 39.8. The first kappa shape index (κ1) is 26.8. The Morgan fingerprint density at radius 2 is 1.86 bits per heavy atom. The molecular formula is C27H41N3O5. The van der Waals surface area contributed by atoms with E-state index in [1.807, 2.05) is 39.0 Å². The third-order valence-electron chi connectivity index (χ3n) is 7.83. The number of nitrogens with zero attached hydrogens (tertiary/aromatic N) is 1. The molecular weight excluding hydrogens is 446 g/mol. The molecule has 2 N–H and O–H groups in total. The van der Waals surface area contributed by atoms with Gasteiger partial charge in [0.25, 0.3) is 5.91 Å². The molecule has 1 aromatic rings. The fraction of sp³-hybridized carbons (Fsp3) is 0.667. The number of methoxy groups -OCH3 is 1. The lowest BCUT2D eigenvalue weighted by atomic mass is 9.65. The van der Waals surface area contributed by atoms with Gasteiger partial charge in [-0.3, -0.25) is 14.5 Å².